The standard InChI is InChI=1S/C12H24O2S2/c1-7-9(15-6)10(13)8(2)11(14)16-12(3,4)5/h8-10,13H,7H2,1-6H3/t8-,9+,10-/m0/s1. The smallest absolute Gasteiger partial charge is 0.194 e. The van der Waals surface area contributed by atoms with E-state index in [0.29, 0.717) is 0 Å². The average molecular weight is 264 g/mol. The number of hydrogen-bond acceptors (Lipinski definition) is 4. The molecule has 16 heavy (non-hydrogen) atoms. The molecule has 0 saturated heterocycles. The Hall–Kier alpha value is 0.330. The predicted octanol–water partition coefficient (Wildman–Crippen LogP) is 3.18. The lowest BCUT2D eigenvalue weighted by molar-refractivity contribution is -0.117. The maximum atomic E-state index is 11.9. The lowest BCUT2D eigenvalue weighted by atomic mass is 10.0. The number of aliphatic hydroxyl groups excluding tert-OH is 1. The molecule has 0 bridgehead atoms. The van der Waals surface area contributed by atoms with Gasteiger partial charge < -0.3 is 5.11 Å². The summed E-state index contributed by atoms with van der Waals surface area (Å²) in [6, 6.07) is 0. The van der Waals surface area contributed by atoms with E-state index in [2.05, 4.69) is 0 Å². The van der Waals surface area contributed by atoms with Crippen LogP contribution >= 0.6 is 23.5 Å². The molecule has 0 saturated carbocycles. The van der Waals surface area contributed by atoms with Crippen molar-refractivity contribution in [1.82, 2.24) is 0 Å². The van der Waals surface area contributed by atoms with Gasteiger partial charge in [-0.2, -0.15) is 11.8 Å². The number of aliphatic hydroxyl groups is 1. The molecule has 4 heteroatoms. The topological polar surface area (TPSA) is 37.3 Å². The largest absolute Gasteiger partial charge is 0.391 e. The first-order chi connectivity index (χ1) is 7.22. The highest BCUT2D eigenvalue weighted by Gasteiger charge is 2.30. The quantitative estimate of drug-likeness (QED) is 0.827. The van der Waals surface area contributed by atoms with Crippen LogP contribution in [-0.2, 0) is 4.79 Å². The van der Waals surface area contributed by atoms with Crippen LogP contribution in [-0.4, -0.2) is 32.6 Å². The van der Waals surface area contributed by atoms with Crippen molar-refractivity contribution >= 4 is 28.6 Å². The number of carbonyl (C=O) groups excluding carboxylic acids is 1. The fourth-order valence-corrected chi connectivity index (χ4v) is 3.18. The van der Waals surface area contributed by atoms with Gasteiger partial charge in [-0.1, -0.05) is 46.4 Å². The van der Waals surface area contributed by atoms with Crippen LogP contribution in [0.15, 0.2) is 0 Å². The minimum Gasteiger partial charge on any atom is -0.391 e. The van der Waals surface area contributed by atoms with Gasteiger partial charge in [0.25, 0.3) is 0 Å². The third-order valence-electron chi connectivity index (χ3n) is 2.38. The highest BCUT2D eigenvalue weighted by Crippen LogP contribution is 2.30. The van der Waals surface area contributed by atoms with E-state index in [1.54, 1.807) is 11.8 Å². The zero-order chi connectivity index (χ0) is 12.9. The summed E-state index contributed by atoms with van der Waals surface area (Å²) in [5.74, 6) is -0.290. The van der Waals surface area contributed by atoms with E-state index in [9.17, 15) is 9.90 Å². The first-order valence-corrected chi connectivity index (χ1v) is 7.77. The SMILES string of the molecule is CC[C@@H](SC)[C@@H](O)[C@H](C)C(=O)SC(C)(C)C. The molecule has 0 aromatic heterocycles. The monoisotopic (exact) mass is 264 g/mol. The highest BCUT2D eigenvalue weighted by molar-refractivity contribution is 8.14. The summed E-state index contributed by atoms with van der Waals surface area (Å²) in [6.07, 6.45) is 2.33. The molecular formula is C12H24O2S2. The Balaban J connectivity index is 4.42. The van der Waals surface area contributed by atoms with Gasteiger partial charge in [0, 0.05) is 10.00 Å². The highest BCUT2D eigenvalue weighted by atomic mass is 32.2. The molecule has 1 N–H and O–H groups in total. The summed E-state index contributed by atoms with van der Waals surface area (Å²) in [5.41, 5.74) is 0. The van der Waals surface area contributed by atoms with E-state index in [1.165, 1.54) is 11.8 Å². The summed E-state index contributed by atoms with van der Waals surface area (Å²) < 4.78 is -0.0772. The average Bonchev–Trinajstić information content (AvgIpc) is 2.15. The van der Waals surface area contributed by atoms with Gasteiger partial charge in [-0.05, 0) is 12.7 Å². The van der Waals surface area contributed by atoms with E-state index in [-0.39, 0.29) is 21.0 Å². The minimum atomic E-state index is -0.539. The van der Waals surface area contributed by atoms with Crippen LogP contribution in [0.4, 0.5) is 0 Å². The van der Waals surface area contributed by atoms with Gasteiger partial charge in [0.2, 0.25) is 0 Å². The molecule has 0 rings (SSSR count). The molecule has 96 valence electrons. The maximum Gasteiger partial charge on any atom is 0.194 e. The molecule has 0 aliphatic carbocycles. The molecule has 0 aromatic carbocycles. The second-order valence-corrected chi connectivity index (χ2v) is 7.90. The van der Waals surface area contributed by atoms with E-state index in [1.807, 2.05) is 40.9 Å². The van der Waals surface area contributed by atoms with E-state index in [4.69, 9.17) is 0 Å². The first kappa shape index (κ1) is 16.3. The van der Waals surface area contributed by atoms with Gasteiger partial charge in [-0.15, -0.1) is 0 Å². The van der Waals surface area contributed by atoms with Crippen molar-refractivity contribution < 1.29 is 9.90 Å². The summed E-state index contributed by atoms with van der Waals surface area (Å²) in [7, 11) is 0. The molecule has 0 aliphatic heterocycles. The number of rotatable bonds is 5. The molecule has 0 radical (unpaired) electrons. The Kier molecular flexibility index (Phi) is 7.06. The Labute approximate surface area is 108 Å². The van der Waals surface area contributed by atoms with E-state index < -0.39 is 6.10 Å². The minimum absolute atomic E-state index is 0.0772. The number of thioether (sulfide) groups is 2. The zero-order valence-corrected chi connectivity index (χ0v) is 12.7. The van der Waals surface area contributed by atoms with Crippen LogP contribution in [0.2, 0.25) is 0 Å². The maximum absolute atomic E-state index is 11.9. The lowest BCUT2D eigenvalue weighted by Gasteiger charge is -2.26. The van der Waals surface area contributed by atoms with Crippen molar-refractivity contribution in [1.29, 1.82) is 0 Å². The first-order valence-electron chi connectivity index (χ1n) is 5.66. The van der Waals surface area contributed by atoms with Gasteiger partial charge in [0.15, 0.2) is 5.12 Å². The van der Waals surface area contributed by atoms with E-state index >= 15 is 0 Å². The predicted molar refractivity (Wildman–Crippen MR) is 75.1 cm³/mol. The van der Waals surface area contributed by atoms with Gasteiger partial charge in [0.05, 0.1) is 12.0 Å². The Morgan fingerprint density at radius 1 is 1.38 bits per heavy atom. The normalized spacial score (nSPS) is 17.9. The van der Waals surface area contributed by atoms with Crippen LogP contribution in [0.5, 0.6) is 0 Å². The van der Waals surface area contributed by atoms with Crippen LogP contribution < -0.4 is 0 Å². The van der Waals surface area contributed by atoms with Crippen molar-refractivity contribution in [2.75, 3.05) is 6.26 Å². The molecule has 2 nitrogen and oxygen atoms in total. The van der Waals surface area contributed by atoms with Crippen molar-refractivity contribution in [2.45, 2.75) is 57.1 Å². The third-order valence-corrected chi connectivity index (χ3v) is 4.78. The molecule has 0 aliphatic rings. The van der Waals surface area contributed by atoms with Crippen molar-refractivity contribution in [3.05, 3.63) is 0 Å². The molecule has 0 heterocycles. The van der Waals surface area contributed by atoms with Gasteiger partial charge in [-0.25, -0.2) is 0 Å². The molecule has 0 amide bonds. The molecule has 0 fully saturated rings. The molecular weight excluding hydrogens is 240 g/mol. The van der Waals surface area contributed by atoms with Crippen molar-refractivity contribution in [2.24, 2.45) is 5.92 Å². The van der Waals surface area contributed by atoms with Gasteiger partial charge in [-0.3, -0.25) is 4.79 Å². The molecule has 0 unspecified atom stereocenters. The summed E-state index contributed by atoms with van der Waals surface area (Å²) in [6.45, 7) is 9.91. The van der Waals surface area contributed by atoms with E-state index in [0.717, 1.165) is 6.42 Å². The van der Waals surface area contributed by atoms with Crippen LogP contribution in [0, 0.1) is 5.92 Å². The van der Waals surface area contributed by atoms with Crippen LogP contribution in [0.1, 0.15) is 41.0 Å². The van der Waals surface area contributed by atoms with Gasteiger partial charge in [0.1, 0.15) is 0 Å². The summed E-state index contributed by atoms with van der Waals surface area (Å²) >= 11 is 2.95. The second kappa shape index (κ2) is 6.92. The van der Waals surface area contributed by atoms with Crippen LogP contribution in [0.25, 0.3) is 0 Å². The summed E-state index contributed by atoms with van der Waals surface area (Å²) in [5, 5.41) is 10.3. The third kappa shape index (κ3) is 5.60. The van der Waals surface area contributed by atoms with Crippen LogP contribution in [0.3, 0.4) is 0 Å². The lowest BCUT2D eigenvalue weighted by Crippen LogP contribution is -2.34. The fourth-order valence-electron chi connectivity index (χ4n) is 1.40. The van der Waals surface area contributed by atoms with Crippen molar-refractivity contribution in [3.63, 3.8) is 0 Å². The molecule has 3 atom stereocenters. The Morgan fingerprint density at radius 3 is 2.19 bits per heavy atom. The molecule has 0 spiro atoms. The number of carbonyl (C=O) groups is 1. The van der Waals surface area contributed by atoms with Gasteiger partial charge >= 0.3 is 0 Å². The zero-order valence-electron chi connectivity index (χ0n) is 11.1. The Bertz CT molecular complexity index is 220. The Morgan fingerprint density at radius 2 is 1.88 bits per heavy atom. The number of hydrogen-bond donors (Lipinski definition) is 1. The summed E-state index contributed by atoms with van der Waals surface area (Å²) in [4.78, 5) is 11.9. The van der Waals surface area contributed by atoms with Crippen molar-refractivity contribution in [3.8, 4) is 0 Å². The second-order valence-electron chi connectivity index (χ2n) is 5.00. The molecule has 0 aromatic rings. The fraction of sp³-hybridized carbons (Fsp3) is 0.917.